The Bertz CT molecular complexity index is 190. The summed E-state index contributed by atoms with van der Waals surface area (Å²) >= 11 is 0. The van der Waals surface area contributed by atoms with Gasteiger partial charge < -0.3 is 11.2 Å². The third kappa shape index (κ3) is 4.97. The van der Waals surface area contributed by atoms with Gasteiger partial charge >= 0.3 is 0 Å². The van der Waals surface area contributed by atoms with Crippen LogP contribution in [0.15, 0.2) is 10.1 Å². The van der Waals surface area contributed by atoms with E-state index in [1.54, 1.807) is 0 Å². The molecule has 0 rings (SSSR count). The molecule has 0 saturated heterocycles. The molecule has 0 aliphatic carbocycles. The molecule has 0 atom stereocenters. The Hall–Kier alpha value is -1.78. The summed E-state index contributed by atoms with van der Waals surface area (Å²) in [4.78, 5) is 3.92. The van der Waals surface area contributed by atoms with E-state index in [2.05, 4.69) is 31.7 Å². The van der Waals surface area contributed by atoms with Crippen molar-refractivity contribution in [2.45, 2.75) is 0 Å². The van der Waals surface area contributed by atoms with Crippen molar-refractivity contribution in [3.8, 4) is 0 Å². The van der Waals surface area contributed by atoms with Crippen LogP contribution in [-0.2, 0) is 0 Å². The van der Waals surface area contributed by atoms with Crippen LogP contribution in [0.2, 0.25) is 0 Å². The molecule has 0 spiro atoms. The molecule has 0 heterocycles. The van der Waals surface area contributed by atoms with E-state index in [0.29, 0.717) is 13.1 Å². The summed E-state index contributed by atoms with van der Waals surface area (Å²) in [6.07, 6.45) is 0. The topological polar surface area (TPSA) is 177 Å². The number of hydrazine groups is 3. The number of nitrogens with zero attached hydrogens (tertiary/aromatic N) is 2. The lowest BCUT2D eigenvalue weighted by Gasteiger charge is -2.06. The number of rotatable bonds is 3. The molecule has 0 bridgehead atoms. The van der Waals surface area contributed by atoms with Crippen molar-refractivity contribution < 1.29 is 0 Å². The molecule has 10 nitrogen and oxygen atoms in total. The van der Waals surface area contributed by atoms with Crippen molar-refractivity contribution in [3.05, 3.63) is 0 Å². The smallest absolute Gasteiger partial charge is 0.227 e. The highest BCUT2D eigenvalue weighted by Crippen LogP contribution is 1.68. The minimum absolute atomic E-state index is 0.267. The molecule has 82 valence electrons. The number of hydrogen-bond donors (Lipinski definition) is 8. The molecule has 0 radical (unpaired) electrons. The highest BCUT2D eigenvalue weighted by Gasteiger charge is 1.93. The van der Waals surface area contributed by atoms with Gasteiger partial charge in [0.2, 0.25) is 11.9 Å². The number of hydrogen-bond acceptors (Lipinski definition) is 6. The van der Waals surface area contributed by atoms with E-state index in [9.17, 15) is 0 Å². The Morgan fingerprint density at radius 2 is 1.57 bits per heavy atom. The van der Waals surface area contributed by atoms with Gasteiger partial charge in [-0.15, -0.1) is 5.10 Å². The van der Waals surface area contributed by atoms with Gasteiger partial charge in [-0.25, -0.2) is 22.5 Å². The Kier molecular flexibility index (Phi) is 6.85. The van der Waals surface area contributed by atoms with Crippen LogP contribution in [0.1, 0.15) is 0 Å². The molecule has 0 aromatic carbocycles. The van der Waals surface area contributed by atoms with Gasteiger partial charge in [0.05, 0.1) is 6.54 Å². The first-order valence-electron chi connectivity index (χ1n) is 3.74. The first kappa shape index (κ1) is 12.2. The fourth-order valence-electron chi connectivity index (χ4n) is 0.609. The summed E-state index contributed by atoms with van der Waals surface area (Å²) in [5, 5.41) is 6.07. The van der Waals surface area contributed by atoms with Gasteiger partial charge in [0.15, 0.2) is 0 Å². The van der Waals surface area contributed by atoms with Crippen LogP contribution < -0.4 is 45.0 Å². The third-order valence-corrected chi connectivity index (χ3v) is 1.21. The summed E-state index contributed by atoms with van der Waals surface area (Å²) in [6, 6.07) is 0. The molecule has 12 N–H and O–H groups in total. The van der Waals surface area contributed by atoms with E-state index in [1.165, 1.54) is 0 Å². The molecule has 0 unspecified atom stereocenters. The van der Waals surface area contributed by atoms with E-state index in [4.69, 9.17) is 23.4 Å². The van der Waals surface area contributed by atoms with Gasteiger partial charge in [-0.1, -0.05) is 0 Å². The molecule has 0 aromatic heterocycles. The monoisotopic (exact) mass is 204 g/mol. The molecular weight excluding hydrogens is 188 g/mol. The highest BCUT2D eigenvalue weighted by atomic mass is 15.4. The van der Waals surface area contributed by atoms with Crippen molar-refractivity contribution in [1.29, 1.82) is 0 Å². The molecule has 0 aliphatic heterocycles. The Morgan fingerprint density at radius 1 is 1.00 bits per heavy atom. The molecular formula is C4H16N10. The molecule has 0 aliphatic rings. The molecule has 10 heteroatoms. The number of guanidine groups is 2. The second-order valence-electron chi connectivity index (χ2n) is 2.07. The van der Waals surface area contributed by atoms with Crippen LogP contribution in [0.4, 0.5) is 0 Å². The third-order valence-electron chi connectivity index (χ3n) is 1.21. The normalized spacial score (nSPS) is 10.4. The SMILES string of the molecule is N/N=C(/NN)NCCN=C(NN)NN. The van der Waals surface area contributed by atoms with Crippen LogP contribution in [-0.4, -0.2) is 25.0 Å². The molecule has 0 amide bonds. The first-order valence-corrected chi connectivity index (χ1v) is 3.74. The summed E-state index contributed by atoms with van der Waals surface area (Å²) in [6.45, 7) is 0.900. The maximum atomic E-state index is 5.06. The Labute approximate surface area is 81.1 Å². The average molecular weight is 204 g/mol. The lowest BCUT2D eigenvalue weighted by molar-refractivity contribution is 0.801. The predicted molar refractivity (Wildman–Crippen MR) is 53.9 cm³/mol. The minimum Gasteiger partial charge on any atom is -0.352 e. The summed E-state index contributed by atoms with van der Waals surface area (Å²) in [5.41, 5.74) is 6.77. The highest BCUT2D eigenvalue weighted by molar-refractivity contribution is 5.79. The summed E-state index contributed by atoms with van der Waals surface area (Å²) < 4.78 is 0. The Morgan fingerprint density at radius 3 is 2.00 bits per heavy atom. The van der Waals surface area contributed by atoms with Crippen LogP contribution >= 0.6 is 0 Å². The summed E-state index contributed by atoms with van der Waals surface area (Å²) in [7, 11) is 0. The van der Waals surface area contributed by atoms with Gasteiger partial charge in [0.25, 0.3) is 0 Å². The van der Waals surface area contributed by atoms with Crippen LogP contribution in [0.5, 0.6) is 0 Å². The van der Waals surface area contributed by atoms with Crippen LogP contribution in [0.25, 0.3) is 0 Å². The van der Waals surface area contributed by atoms with Gasteiger partial charge in [-0.3, -0.25) is 16.3 Å². The number of hydrazone groups is 1. The van der Waals surface area contributed by atoms with Crippen molar-refractivity contribution in [3.63, 3.8) is 0 Å². The average Bonchev–Trinajstić information content (AvgIpc) is 2.24. The molecule has 0 saturated carbocycles. The van der Waals surface area contributed by atoms with Crippen LogP contribution in [0.3, 0.4) is 0 Å². The quantitative estimate of drug-likeness (QED) is 0.0745. The van der Waals surface area contributed by atoms with Crippen LogP contribution in [0, 0.1) is 0 Å². The maximum Gasteiger partial charge on any atom is 0.227 e. The standard InChI is InChI=1S/C4H16N10/c5-11-3(12-6)9-1-2-10-4(13-7)14-8/h1-2,5-8H2,(H2,9,11,12)(H2,10,13,14). The zero-order chi connectivity index (χ0) is 10.8. The van der Waals surface area contributed by atoms with Gasteiger partial charge in [-0.05, 0) is 0 Å². The fraction of sp³-hybridized carbons (Fsp3) is 0.500. The fourth-order valence-corrected chi connectivity index (χ4v) is 0.609. The van der Waals surface area contributed by atoms with Gasteiger partial charge in [0, 0.05) is 6.54 Å². The predicted octanol–water partition coefficient (Wildman–Crippen LogP) is -4.45. The summed E-state index contributed by atoms with van der Waals surface area (Å²) in [5.74, 6) is 20.7. The lowest BCUT2D eigenvalue weighted by atomic mass is 10.6. The number of nitrogens with one attached hydrogen (secondary N) is 4. The second-order valence-corrected chi connectivity index (χ2v) is 2.07. The van der Waals surface area contributed by atoms with E-state index in [1.807, 2.05) is 0 Å². The molecule has 0 aromatic rings. The van der Waals surface area contributed by atoms with E-state index in [0.717, 1.165) is 0 Å². The van der Waals surface area contributed by atoms with E-state index >= 15 is 0 Å². The van der Waals surface area contributed by atoms with Gasteiger partial charge in [-0.2, -0.15) is 0 Å². The number of aliphatic imine (C=N–C) groups is 1. The van der Waals surface area contributed by atoms with E-state index < -0.39 is 0 Å². The largest absolute Gasteiger partial charge is 0.352 e. The van der Waals surface area contributed by atoms with Crippen molar-refractivity contribution >= 4 is 11.9 Å². The molecule has 0 fully saturated rings. The van der Waals surface area contributed by atoms with Crippen molar-refractivity contribution in [2.75, 3.05) is 13.1 Å². The Balaban J connectivity index is 3.69. The zero-order valence-corrected chi connectivity index (χ0v) is 7.62. The van der Waals surface area contributed by atoms with E-state index in [-0.39, 0.29) is 11.9 Å². The zero-order valence-electron chi connectivity index (χ0n) is 7.62. The maximum absolute atomic E-state index is 5.06. The second kappa shape index (κ2) is 7.85. The molecule has 14 heavy (non-hydrogen) atoms. The first-order chi connectivity index (χ1) is 6.78. The van der Waals surface area contributed by atoms with Gasteiger partial charge in [0.1, 0.15) is 0 Å². The lowest BCUT2D eigenvalue weighted by Crippen LogP contribution is -2.46. The van der Waals surface area contributed by atoms with Crippen molar-refractivity contribution in [2.24, 2.45) is 33.5 Å². The number of nitrogens with two attached hydrogens (primary N) is 4. The van der Waals surface area contributed by atoms with Crippen molar-refractivity contribution in [1.82, 2.24) is 21.6 Å². The minimum atomic E-state index is 0.267.